The number of carbonyl (C=O) groups is 1. The van der Waals surface area contributed by atoms with E-state index < -0.39 is 6.04 Å². The molecule has 1 atom stereocenters. The summed E-state index contributed by atoms with van der Waals surface area (Å²) < 4.78 is 0. The Bertz CT molecular complexity index is 574. The van der Waals surface area contributed by atoms with Crippen molar-refractivity contribution in [1.29, 1.82) is 0 Å². The summed E-state index contributed by atoms with van der Waals surface area (Å²) in [5.41, 5.74) is 7.90. The first-order valence-corrected chi connectivity index (χ1v) is 5.16. The van der Waals surface area contributed by atoms with Crippen LogP contribution in [0.25, 0.3) is 10.9 Å². The van der Waals surface area contributed by atoms with Crippen LogP contribution in [-0.2, 0) is 11.2 Å². The van der Waals surface area contributed by atoms with E-state index in [0.717, 1.165) is 16.5 Å². The molecule has 0 spiro atoms. The zero-order valence-corrected chi connectivity index (χ0v) is 8.90. The van der Waals surface area contributed by atoms with E-state index in [2.05, 4.69) is 9.97 Å². The van der Waals surface area contributed by atoms with Gasteiger partial charge in [-0.15, -0.1) is 0 Å². The van der Waals surface area contributed by atoms with Crippen molar-refractivity contribution in [3.8, 4) is 0 Å². The van der Waals surface area contributed by atoms with E-state index in [9.17, 15) is 4.79 Å². The van der Waals surface area contributed by atoms with Gasteiger partial charge in [0, 0.05) is 24.8 Å². The van der Waals surface area contributed by atoms with Gasteiger partial charge in [-0.2, -0.15) is 0 Å². The van der Waals surface area contributed by atoms with Gasteiger partial charge < -0.3 is 10.7 Å². The molecule has 3 heterocycles. The van der Waals surface area contributed by atoms with E-state index in [1.165, 1.54) is 4.90 Å². The van der Waals surface area contributed by atoms with E-state index in [0.29, 0.717) is 12.2 Å². The van der Waals surface area contributed by atoms with Gasteiger partial charge in [-0.05, 0) is 18.1 Å². The van der Waals surface area contributed by atoms with Gasteiger partial charge in [0.1, 0.15) is 5.82 Å². The zero-order chi connectivity index (χ0) is 11.3. The fourth-order valence-corrected chi connectivity index (χ4v) is 2.22. The second kappa shape index (κ2) is 3.05. The molecule has 0 saturated heterocycles. The fourth-order valence-electron chi connectivity index (χ4n) is 2.22. The molecule has 2 aromatic heterocycles. The van der Waals surface area contributed by atoms with Crippen molar-refractivity contribution in [2.75, 3.05) is 11.9 Å². The third-order valence-corrected chi connectivity index (χ3v) is 3.06. The minimum absolute atomic E-state index is 0.0869. The summed E-state index contributed by atoms with van der Waals surface area (Å²) in [5.74, 6) is 0.600. The Kier molecular flexibility index (Phi) is 1.79. The average molecular weight is 216 g/mol. The molecule has 16 heavy (non-hydrogen) atoms. The Labute approximate surface area is 92.3 Å². The van der Waals surface area contributed by atoms with E-state index in [-0.39, 0.29) is 5.91 Å². The van der Waals surface area contributed by atoms with Gasteiger partial charge in [0.05, 0.1) is 11.6 Å². The van der Waals surface area contributed by atoms with Crippen LogP contribution in [0.3, 0.4) is 0 Å². The number of rotatable bonds is 0. The molecule has 0 saturated carbocycles. The normalized spacial score (nSPS) is 20.2. The van der Waals surface area contributed by atoms with Crippen LogP contribution in [0.1, 0.15) is 5.56 Å². The molecule has 3 rings (SSSR count). The van der Waals surface area contributed by atoms with Gasteiger partial charge in [0.25, 0.3) is 0 Å². The standard InChI is InChI=1S/C11H12N4O/c1-15-10-9-6(4-7(12)11(15)16)5-14-8(9)2-3-13-10/h2-3,5,7,14H,4,12H2,1H3. The largest absolute Gasteiger partial charge is 0.361 e. The lowest BCUT2D eigenvalue weighted by atomic mass is 10.1. The smallest absolute Gasteiger partial charge is 0.245 e. The number of hydrogen-bond acceptors (Lipinski definition) is 3. The van der Waals surface area contributed by atoms with Crippen LogP contribution in [0.5, 0.6) is 0 Å². The van der Waals surface area contributed by atoms with Crippen LogP contribution in [-0.4, -0.2) is 29.0 Å². The predicted molar refractivity (Wildman–Crippen MR) is 61.2 cm³/mol. The summed E-state index contributed by atoms with van der Waals surface area (Å²) in [6.07, 6.45) is 4.16. The number of aromatic nitrogens is 2. The monoisotopic (exact) mass is 216 g/mol. The molecule has 1 amide bonds. The Balaban J connectivity index is 2.35. The number of anilines is 1. The first-order valence-electron chi connectivity index (χ1n) is 5.16. The lowest BCUT2D eigenvalue weighted by Crippen LogP contribution is -2.42. The van der Waals surface area contributed by atoms with Crippen molar-refractivity contribution in [3.63, 3.8) is 0 Å². The number of aromatic amines is 1. The Morgan fingerprint density at radius 3 is 3.25 bits per heavy atom. The minimum Gasteiger partial charge on any atom is -0.361 e. The molecular formula is C11H12N4O. The number of nitrogens with two attached hydrogens (primary N) is 1. The highest BCUT2D eigenvalue weighted by Gasteiger charge is 2.27. The minimum atomic E-state index is -0.488. The van der Waals surface area contributed by atoms with Gasteiger partial charge >= 0.3 is 0 Å². The van der Waals surface area contributed by atoms with Gasteiger partial charge in [-0.25, -0.2) is 4.98 Å². The molecule has 82 valence electrons. The molecule has 1 aliphatic rings. The average Bonchev–Trinajstić information content (AvgIpc) is 2.66. The number of likely N-dealkylation sites (N-methyl/N-ethyl adjacent to an activating group) is 1. The maximum Gasteiger partial charge on any atom is 0.245 e. The van der Waals surface area contributed by atoms with E-state index in [4.69, 9.17) is 5.73 Å². The van der Waals surface area contributed by atoms with Crippen molar-refractivity contribution in [1.82, 2.24) is 9.97 Å². The molecule has 5 heteroatoms. The van der Waals surface area contributed by atoms with Crippen molar-refractivity contribution >= 4 is 22.6 Å². The van der Waals surface area contributed by atoms with Crippen LogP contribution in [0, 0.1) is 0 Å². The third-order valence-electron chi connectivity index (χ3n) is 3.06. The number of nitrogens with one attached hydrogen (secondary N) is 1. The number of H-pyrrole nitrogens is 1. The van der Waals surface area contributed by atoms with E-state index in [1.54, 1.807) is 13.2 Å². The SMILES string of the molecule is CN1C(=O)C(N)Cc2c[nH]c3ccnc1c23. The fraction of sp³-hybridized carbons (Fsp3) is 0.273. The molecule has 2 aromatic rings. The Morgan fingerprint density at radius 2 is 2.44 bits per heavy atom. The zero-order valence-electron chi connectivity index (χ0n) is 8.90. The Hall–Kier alpha value is -1.88. The van der Waals surface area contributed by atoms with Crippen LogP contribution in [0.2, 0.25) is 0 Å². The first kappa shape index (κ1) is 9.35. The molecule has 0 aromatic carbocycles. The molecular weight excluding hydrogens is 204 g/mol. The van der Waals surface area contributed by atoms with Gasteiger partial charge in [-0.1, -0.05) is 0 Å². The molecule has 0 radical (unpaired) electrons. The summed E-state index contributed by atoms with van der Waals surface area (Å²) in [4.78, 5) is 20.9. The van der Waals surface area contributed by atoms with Crippen LogP contribution in [0.4, 0.5) is 5.82 Å². The lowest BCUT2D eigenvalue weighted by Gasteiger charge is -2.17. The number of hydrogen-bond donors (Lipinski definition) is 2. The molecule has 1 unspecified atom stereocenters. The number of carbonyl (C=O) groups excluding carboxylic acids is 1. The lowest BCUT2D eigenvalue weighted by molar-refractivity contribution is -0.119. The number of amides is 1. The van der Waals surface area contributed by atoms with Crippen molar-refractivity contribution in [2.45, 2.75) is 12.5 Å². The topological polar surface area (TPSA) is 75.0 Å². The Morgan fingerprint density at radius 1 is 1.62 bits per heavy atom. The van der Waals surface area contributed by atoms with Crippen LogP contribution < -0.4 is 10.6 Å². The summed E-state index contributed by atoms with van der Waals surface area (Å²) in [6, 6.07) is 1.41. The quantitative estimate of drug-likeness (QED) is 0.669. The molecule has 0 aliphatic carbocycles. The van der Waals surface area contributed by atoms with Crippen molar-refractivity contribution in [3.05, 3.63) is 24.0 Å². The highest BCUT2D eigenvalue weighted by Crippen LogP contribution is 2.30. The molecule has 0 fully saturated rings. The van der Waals surface area contributed by atoms with Gasteiger partial charge in [0.2, 0.25) is 5.91 Å². The van der Waals surface area contributed by atoms with Crippen LogP contribution >= 0.6 is 0 Å². The molecule has 3 N–H and O–H groups in total. The summed E-state index contributed by atoms with van der Waals surface area (Å²) in [6.45, 7) is 0. The highest BCUT2D eigenvalue weighted by molar-refractivity contribution is 6.06. The number of pyridine rings is 1. The third kappa shape index (κ3) is 1.09. The van der Waals surface area contributed by atoms with Crippen molar-refractivity contribution in [2.24, 2.45) is 5.73 Å². The number of nitrogens with zero attached hydrogens (tertiary/aromatic N) is 2. The first-order chi connectivity index (χ1) is 7.68. The predicted octanol–water partition coefficient (Wildman–Crippen LogP) is 0.409. The highest BCUT2D eigenvalue weighted by atomic mass is 16.2. The second-order valence-corrected chi connectivity index (χ2v) is 4.08. The summed E-state index contributed by atoms with van der Waals surface area (Å²) >= 11 is 0. The maximum absolute atomic E-state index is 11.9. The molecule has 5 nitrogen and oxygen atoms in total. The maximum atomic E-state index is 11.9. The summed E-state index contributed by atoms with van der Waals surface area (Å²) in [5, 5.41) is 1.01. The van der Waals surface area contributed by atoms with Crippen molar-refractivity contribution < 1.29 is 4.79 Å². The van der Waals surface area contributed by atoms with Crippen LogP contribution in [0.15, 0.2) is 18.5 Å². The van der Waals surface area contributed by atoms with E-state index in [1.807, 2.05) is 12.3 Å². The molecule has 0 bridgehead atoms. The second-order valence-electron chi connectivity index (χ2n) is 4.08. The van der Waals surface area contributed by atoms with Gasteiger partial charge in [0.15, 0.2) is 0 Å². The summed E-state index contributed by atoms with van der Waals surface area (Å²) in [7, 11) is 1.71. The van der Waals surface area contributed by atoms with E-state index >= 15 is 0 Å². The molecule has 1 aliphatic heterocycles. The van der Waals surface area contributed by atoms with Gasteiger partial charge in [-0.3, -0.25) is 9.69 Å².